The summed E-state index contributed by atoms with van der Waals surface area (Å²) < 4.78 is 5.63. The predicted molar refractivity (Wildman–Crippen MR) is 60.6 cm³/mol. The summed E-state index contributed by atoms with van der Waals surface area (Å²) in [6, 6.07) is 1.61. The Morgan fingerprint density at radius 1 is 1.44 bits per heavy atom. The molecule has 0 fully saturated rings. The Morgan fingerprint density at radius 2 is 2.19 bits per heavy atom. The van der Waals surface area contributed by atoms with Crippen LogP contribution in [0.4, 0.5) is 0 Å². The van der Waals surface area contributed by atoms with Gasteiger partial charge in [0.1, 0.15) is 0 Å². The average molecular weight is 287 g/mol. The highest BCUT2D eigenvalue weighted by molar-refractivity contribution is 9.10. The molecule has 1 rings (SSSR count). The number of hydrogen-bond acceptors (Lipinski definition) is 4. The van der Waals surface area contributed by atoms with Crippen LogP contribution in [0, 0.1) is 0 Å². The highest BCUT2D eigenvalue weighted by Gasteiger charge is 2.07. The zero-order valence-corrected chi connectivity index (χ0v) is 10.1. The molecule has 1 amide bonds. The number of aromatic nitrogens is 1. The predicted octanol–water partition coefficient (Wildman–Crippen LogP) is 1.27. The van der Waals surface area contributed by atoms with E-state index in [-0.39, 0.29) is 13.0 Å². The molecule has 0 radical (unpaired) electrons. The number of amides is 1. The van der Waals surface area contributed by atoms with Crippen molar-refractivity contribution in [2.75, 3.05) is 6.61 Å². The first-order chi connectivity index (χ1) is 7.59. The summed E-state index contributed by atoms with van der Waals surface area (Å²) in [7, 11) is 0. The first kappa shape index (κ1) is 12.6. The Kier molecular flexibility index (Phi) is 4.91. The minimum Gasteiger partial charge on any atom is -0.462 e. The van der Waals surface area contributed by atoms with Crippen LogP contribution in [0.25, 0.3) is 0 Å². The maximum Gasteiger partial charge on any atom is 0.339 e. The Labute approximate surface area is 101 Å². The van der Waals surface area contributed by atoms with Gasteiger partial charge in [0.2, 0.25) is 5.91 Å². The van der Waals surface area contributed by atoms with Crippen molar-refractivity contribution in [3.05, 3.63) is 28.5 Å². The van der Waals surface area contributed by atoms with E-state index < -0.39 is 11.9 Å². The van der Waals surface area contributed by atoms with Crippen LogP contribution in [0.1, 0.15) is 23.2 Å². The Morgan fingerprint density at radius 3 is 2.81 bits per heavy atom. The van der Waals surface area contributed by atoms with Crippen LogP contribution < -0.4 is 5.73 Å². The summed E-state index contributed by atoms with van der Waals surface area (Å²) >= 11 is 3.20. The molecule has 86 valence electrons. The largest absolute Gasteiger partial charge is 0.462 e. The van der Waals surface area contributed by atoms with Gasteiger partial charge in [-0.1, -0.05) is 0 Å². The molecule has 5 nitrogen and oxygen atoms in total. The third kappa shape index (κ3) is 4.39. The van der Waals surface area contributed by atoms with E-state index in [9.17, 15) is 9.59 Å². The van der Waals surface area contributed by atoms with Gasteiger partial charge in [0.05, 0.1) is 12.2 Å². The van der Waals surface area contributed by atoms with Crippen LogP contribution in [-0.2, 0) is 9.53 Å². The van der Waals surface area contributed by atoms with Gasteiger partial charge in [-0.05, 0) is 28.4 Å². The van der Waals surface area contributed by atoms with Crippen LogP contribution in [0.2, 0.25) is 0 Å². The van der Waals surface area contributed by atoms with Gasteiger partial charge in [0.15, 0.2) is 0 Å². The molecular weight excluding hydrogens is 276 g/mol. The molecule has 0 aromatic carbocycles. The van der Waals surface area contributed by atoms with Crippen LogP contribution >= 0.6 is 15.9 Å². The number of nitrogens with two attached hydrogens (primary N) is 1. The molecule has 0 saturated heterocycles. The van der Waals surface area contributed by atoms with Gasteiger partial charge in [0, 0.05) is 23.3 Å². The summed E-state index contributed by atoms with van der Waals surface area (Å²) in [6.45, 7) is 0.175. The molecule has 1 heterocycles. The fourth-order valence-corrected chi connectivity index (χ4v) is 1.38. The van der Waals surface area contributed by atoms with Crippen molar-refractivity contribution in [3.63, 3.8) is 0 Å². The van der Waals surface area contributed by atoms with Gasteiger partial charge >= 0.3 is 5.97 Å². The number of rotatable bonds is 5. The van der Waals surface area contributed by atoms with E-state index in [2.05, 4.69) is 20.9 Å². The van der Waals surface area contributed by atoms with Gasteiger partial charge in [-0.25, -0.2) is 4.79 Å². The lowest BCUT2D eigenvalue weighted by atomic mass is 10.3. The number of ether oxygens (including phenoxy) is 1. The second-order valence-corrected chi connectivity index (χ2v) is 4.01. The molecule has 0 aliphatic rings. The minimum atomic E-state index is -0.460. The van der Waals surface area contributed by atoms with Gasteiger partial charge in [-0.2, -0.15) is 0 Å². The minimum absolute atomic E-state index is 0.175. The highest BCUT2D eigenvalue weighted by atomic mass is 79.9. The molecule has 16 heavy (non-hydrogen) atoms. The number of carbonyl (C=O) groups is 2. The lowest BCUT2D eigenvalue weighted by molar-refractivity contribution is -0.118. The normalized spacial score (nSPS) is 9.81. The number of halogens is 1. The average Bonchev–Trinajstić information content (AvgIpc) is 2.24. The van der Waals surface area contributed by atoms with Crippen molar-refractivity contribution in [1.29, 1.82) is 0 Å². The molecular formula is C10H11BrN2O3. The maximum atomic E-state index is 11.4. The zero-order chi connectivity index (χ0) is 12.0. The monoisotopic (exact) mass is 286 g/mol. The number of esters is 1. The Balaban J connectivity index is 2.38. The van der Waals surface area contributed by atoms with Crippen LogP contribution in [-0.4, -0.2) is 23.5 Å². The van der Waals surface area contributed by atoms with E-state index in [0.29, 0.717) is 16.5 Å². The molecule has 0 atom stereocenters. The van der Waals surface area contributed by atoms with Gasteiger partial charge in [0.25, 0.3) is 0 Å². The van der Waals surface area contributed by atoms with E-state index in [1.165, 1.54) is 6.20 Å². The molecule has 0 spiro atoms. The van der Waals surface area contributed by atoms with Crippen LogP contribution in [0.3, 0.4) is 0 Å². The quantitative estimate of drug-likeness (QED) is 0.653. The molecule has 0 aliphatic carbocycles. The molecule has 0 bridgehead atoms. The zero-order valence-electron chi connectivity index (χ0n) is 8.48. The number of carbonyl (C=O) groups excluding carboxylic acids is 2. The van der Waals surface area contributed by atoms with Crippen LogP contribution in [0.15, 0.2) is 22.9 Å². The lowest BCUT2D eigenvalue weighted by Crippen LogP contribution is -2.13. The molecule has 0 saturated carbocycles. The van der Waals surface area contributed by atoms with Crippen molar-refractivity contribution in [1.82, 2.24) is 4.98 Å². The van der Waals surface area contributed by atoms with E-state index >= 15 is 0 Å². The maximum absolute atomic E-state index is 11.4. The molecule has 6 heteroatoms. The molecule has 1 aromatic rings. The van der Waals surface area contributed by atoms with E-state index in [1.54, 1.807) is 12.3 Å². The molecule has 0 unspecified atom stereocenters. The molecule has 0 aliphatic heterocycles. The second kappa shape index (κ2) is 6.22. The topological polar surface area (TPSA) is 82.3 Å². The molecule has 1 aromatic heterocycles. The van der Waals surface area contributed by atoms with Crippen molar-refractivity contribution < 1.29 is 14.3 Å². The fourth-order valence-electron chi connectivity index (χ4n) is 1.02. The van der Waals surface area contributed by atoms with Crippen molar-refractivity contribution in [2.45, 2.75) is 12.8 Å². The number of nitrogens with zero attached hydrogens (tertiary/aromatic N) is 1. The van der Waals surface area contributed by atoms with Crippen molar-refractivity contribution in [2.24, 2.45) is 5.73 Å². The summed E-state index contributed by atoms with van der Waals surface area (Å²) in [5.74, 6) is -0.863. The number of hydrogen-bond donors (Lipinski definition) is 1. The summed E-state index contributed by atoms with van der Waals surface area (Å²) in [4.78, 5) is 25.7. The summed E-state index contributed by atoms with van der Waals surface area (Å²) in [5, 5.41) is 0. The summed E-state index contributed by atoms with van der Waals surface area (Å²) in [5.41, 5.74) is 5.31. The third-order valence-electron chi connectivity index (χ3n) is 1.74. The van der Waals surface area contributed by atoms with E-state index in [1.807, 2.05) is 0 Å². The Hall–Kier alpha value is -1.43. The van der Waals surface area contributed by atoms with Crippen molar-refractivity contribution >= 4 is 27.8 Å². The number of primary amides is 1. The summed E-state index contributed by atoms with van der Waals surface area (Å²) in [6.07, 6.45) is 3.64. The SMILES string of the molecule is NC(=O)CCCOC(=O)c1cncc(Br)c1. The standard InChI is InChI=1S/C10H11BrN2O3/c11-8-4-7(5-13-6-8)10(15)16-3-1-2-9(12)14/h4-6H,1-3H2,(H2,12,14). The third-order valence-corrected chi connectivity index (χ3v) is 2.17. The first-order valence-electron chi connectivity index (χ1n) is 4.65. The van der Waals surface area contributed by atoms with E-state index in [4.69, 9.17) is 10.5 Å². The fraction of sp³-hybridized carbons (Fsp3) is 0.300. The van der Waals surface area contributed by atoms with Crippen molar-refractivity contribution in [3.8, 4) is 0 Å². The van der Waals surface area contributed by atoms with Gasteiger partial charge in [-0.15, -0.1) is 0 Å². The second-order valence-electron chi connectivity index (χ2n) is 3.10. The first-order valence-corrected chi connectivity index (χ1v) is 5.45. The smallest absolute Gasteiger partial charge is 0.339 e. The lowest BCUT2D eigenvalue weighted by Gasteiger charge is -2.03. The van der Waals surface area contributed by atoms with E-state index in [0.717, 1.165) is 0 Å². The van der Waals surface area contributed by atoms with Gasteiger partial charge in [-0.3, -0.25) is 9.78 Å². The molecule has 2 N–H and O–H groups in total. The highest BCUT2D eigenvalue weighted by Crippen LogP contribution is 2.10. The van der Waals surface area contributed by atoms with Gasteiger partial charge < -0.3 is 10.5 Å². The van der Waals surface area contributed by atoms with Crippen LogP contribution in [0.5, 0.6) is 0 Å². The Bertz CT molecular complexity index is 395. The number of pyridine rings is 1.